The summed E-state index contributed by atoms with van der Waals surface area (Å²) in [6.45, 7) is 3.90. The maximum atomic E-state index is 10.1. The van der Waals surface area contributed by atoms with Crippen LogP contribution in [0.1, 0.15) is 11.1 Å². The first-order chi connectivity index (χ1) is 8.08. The van der Waals surface area contributed by atoms with Gasteiger partial charge in [-0.15, -0.1) is 0 Å². The Kier molecular flexibility index (Phi) is 2.84. The Morgan fingerprint density at radius 2 is 1.35 bits per heavy atom. The molecule has 17 heavy (non-hydrogen) atoms. The van der Waals surface area contributed by atoms with Crippen LogP contribution in [-0.4, -0.2) is 19.3 Å². The van der Waals surface area contributed by atoms with E-state index in [9.17, 15) is 5.11 Å². The Balaban J connectivity index is 2.87. The maximum Gasteiger partial charge on any atom is 0.161 e. The second-order valence-corrected chi connectivity index (χ2v) is 4.11. The lowest BCUT2D eigenvalue weighted by Crippen LogP contribution is -1.92. The minimum atomic E-state index is 0.298. The van der Waals surface area contributed by atoms with Gasteiger partial charge in [-0.3, -0.25) is 0 Å². The van der Waals surface area contributed by atoms with Gasteiger partial charge in [-0.1, -0.05) is 6.07 Å². The van der Waals surface area contributed by atoms with E-state index in [2.05, 4.69) is 0 Å². The lowest BCUT2D eigenvalue weighted by atomic mass is 10.0. The van der Waals surface area contributed by atoms with Gasteiger partial charge in [-0.25, -0.2) is 0 Å². The zero-order valence-electron chi connectivity index (χ0n) is 10.5. The Bertz CT molecular complexity index is 573. The summed E-state index contributed by atoms with van der Waals surface area (Å²) in [6.07, 6.45) is 0. The summed E-state index contributed by atoms with van der Waals surface area (Å²) < 4.78 is 10.5. The molecule has 2 rings (SSSR count). The second kappa shape index (κ2) is 4.17. The Labute approximate surface area is 101 Å². The fourth-order valence-electron chi connectivity index (χ4n) is 2.08. The summed E-state index contributed by atoms with van der Waals surface area (Å²) in [7, 11) is 3.19. The number of fused-ring (bicyclic) bond motifs is 1. The van der Waals surface area contributed by atoms with Crippen LogP contribution < -0.4 is 9.47 Å². The largest absolute Gasteiger partial charge is 0.507 e. The first-order valence-corrected chi connectivity index (χ1v) is 5.43. The highest BCUT2D eigenvalue weighted by atomic mass is 16.5. The molecule has 3 heteroatoms. The fourth-order valence-corrected chi connectivity index (χ4v) is 2.08. The van der Waals surface area contributed by atoms with E-state index in [1.807, 2.05) is 32.0 Å². The molecular weight excluding hydrogens is 216 g/mol. The van der Waals surface area contributed by atoms with Gasteiger partial charge in [0.05, 0.1) is 14.2 Å². The van der Waals surface area contributed by atoms with Gasteiger partial charge in [0.25, 0.3) is 0 Å². The molecule has 0 spiro atoms. The first kappa shape index (κ1) is 11.6. The molecule has 0 bridgehead atoms. The maximum absolute atomic E-state index is 10.1. The van der Waals surface area contributed by atoms with Crippen molar-refractivity contribution in [3.8, 4) is 17.2 Å². The van der Waals surface area contributed by atoms with E-state index in [4.69, 9.17) is 9.47 Å². The number of rotatable bonds is 2. The Hall–Kier alpha value is -1.90. The second-order valence-electron chi connectivity index (χ2n) is 4.11. The summed E-state index contributed by atoms with van der Waals surface area (Å²) in [5.41, 5.74) is 1.97. The van der Waals surface area contributed by atoms with Crippen LogP contribution in [0, 0.1) is 13.8 Å². The normalized spacial score (nSPS) is 10.6. The molecular formula is C14H16O3. The predicted octanol–water partition coefficient (Wildman–Crippen LogP) is 3.18. The van der Waals surface area contributed by atoms with Crippen LogP contribution in [0.2, 0.25) is 0 Å². The summed E-state index contributed by atoms with van der Waals surface area (Å²) >= 11 is 0. The van der Waals surface area contributed by atoms with Gasteiger partial charge >= 0.3 is 0 Å². The van der Waals surface area contributed by atoms with Gasteiger partial charge in [-0.05, 0) is 42.5 Å². The van der Waals surface area contributed by atoms with Crippen molar-refractivity contribution in [1.29, 1.82) is 0 Å². The molecule has 0 radical (unpaired) electrons. The van der Waals surface area contributed by atoms with Gasteiger partial charge < -0.3 is 14.6 Å². The van der Waals surface area contributed by atoms with E-state index in [0.29, 0.717) is 17.2 Å². The number of aromatic hydroxyl groups is 1. The molecule has 0 aliphatic carbocycles. The molecule has 0 saturated heterocycles. The molecule has 0 amide bonds. The number of ether oxygens (including phenoxy) is 2. The minimum absolute atomic E-state index is 0.298. The number of phenolic OH excluding ortho intramolecular Hbond substituents is 1. The van der Waals surface area contributed by atoms with E-state index >= 15 is 0 Å². The van der Waals surface area contributed by atoms with Crippen molar-refractivity contribution in [3.05, 3.63) is 29.3 Å². The van der Waals surface area contributed by atoms with E-state index in [1.54, 1.807) is 14.2 Å². The SMILES string of the molecule is COc1cc2c(C)cc(C)c(O)c2cc1OC. The van der Waals surface area contributed by atoms with Crippen LogP contribution >= 0.6 is 0 Å². The van der Waals surface area contributed by atoms with Crippen molar-refractivity contribution in [3.63, 3.8) is 0 Å². The van der Waals surface area contributed by atoms with Gasteiger partial charge in [0.1, 0.15) is 5.75 Å². The molecule has 0 atom stereocenters. The van der Waals surface area contributed by atoms with Crippen molar-refractivity contribution in [2.45, 2.75) is 13.8 Å². The molecule has 90 valence electrons. The molecule has 0 aliphatic heterocycles. The summed E-state index contributed by atoms with van der Waals surface area (Å²) in [6, 6.07) is 5.66. The molecule has 2 aromatic rings. The molecule has 0 aliphatic rings. The topological polar surface area (TPSA) is 38.7 Å². The van der Waals surface area contributed by atoms with Gasteiger partial charge in [0.2, 0.25) is 0 Å². The summed E-state index contributed by atoms with van der Waals surface area (Å²) in [5, 5.41) is 11.8. The molecule has 0 aromatic heterocycles. The predicted molar refractivity (Wildman–Crippen MR) is 68.2 cm³/mol. The molecule has 0 heterocycles. The van der Waals surface area contributed by atoms with Crippen LogP contribution in [0.15, 0.2) is 18.2 Å². The van der Waals surface area contributed by atoms with Crippen LogP contribution in [0.3, 0.4) is 0 Å². The smallest absolute Gasteiger partial charge is 0.161 e. The number of aryl methyl sites for hydroxylation is 2. The number of phenols is 1. The lowest BCUT2D eigenvalue weighted by molar-refractivity contribution is 0.355. The molecule has 0 saturated carbocycles. The average molecular weight is 232 g/mol. The van der Waals surface area contributed by atoms with Gasteiger partial charge in [-0.2, -0.15) is 0 Å². The molecule has 2 aromatic carbocycles. The Morgan fingerprint density at radius 3 is 1.88 bits per heavy atom. The van der Waals surface area contributed by atoms with Crippen molar-refractivity contribution < 1.29 is 14.6 Å². The molecule has 3 nitrogen and oxygen atoms in total. The molecule has 1 N–H and O–H groups in total. The summed E-state index contributed by atoms with van der Waals surface area (Å²) in [5.74, 6) is 1.60. The first-order valence-electron chi connectivity index (χ1n) is 5.43. The standard InChI is InChI=1S/C14H16O3/c1-8-5-9(2)14(15)11-7-13(17-4)12(16-3)6-10(8)11/h5-7,15H,1-4H3. The van der Waals surface area contributed by atoms with Crippen molar-refractivity contribution in [2.75, 3.05) is 14.2 Å². The quantitative estimate of drug-likeness (QED) is 0.864. The zero-order valence-corrected chi connectivity index (χ0v) is 10.5. The number of hydrogen-bond donors (Lipinski definition) is 1. The van der Waals surface area contributed by atoms with Crippen LogP contribution in [0.5, 0.6) is 17.2 Å². The highest BCUT2D eigenvalue weighted by Gasteiger charge is 2.12. The lowest BCUT2D eigenvalue weighted by Gasteiger charge is -2.13. The number of methoxy groups -OCH3 is 2. The molecule has 0 unspecified atom stereocenters. The number of hydrogen-bond acceptors (Lipinski definition) is 3. The van der Waals surface area contributed by atoms with E-state index in [1.165, 1.54) is 0 Å². The van der Waals surface area contributed by atoms with Crippen LogP contribution in [0.25, 0.3) is 10.8 Å². The van der Waals surface area contributed by atoms with E-state index in [0.717, 1.165) is 21.9 Å². The third-order valence-electron chi connectivity index (χ3n) is 3.01. The highest BCUT2D eigenvalue weighted by Crippen LogP contribution is 2.38. The van der Waals surface area contributed by atoms with Crippen LogP contribution in [-0.2, 0) is 0 Å². The Morgan fingerprint density at radius 1 is 0.824 bits per heavy atom. The fraction of sp³-hybridized carbons (Fsp3) is 0.286. The monoisotopic (exact) mass is 232 g/mol. The van der Waals surface area contributed by atoms with E-state index < -0.39 is 0 Å². The zero-order chi connectivity index (χ0) is 12.6. The third-order valence-corrected chi connectivity index (χ3v) is 3.01. The average Bonchev–Trinajstić information content (AvgIpc) is 2.34. The minimum Gasteiger partial charge on any atom is -0.507 e. The summed E-state index contributed by atoms with van der Waals surface area (Å²) in [4.78, 5) is 0. The van der Waals surface area contributed by atoms with Crippen molar-refractivity contribution >= 4 is 10.8 Å². The molecule has 0 fully saturated rings. The van der Waals surface area contributed by atoms with Crippen molar-refractivity contribution in [1.82, 2.24) is 0 Å². The van der Waals surface area contributed by atoms with Crippen molar-refractivity contribution in [2.24, 2.45) is 0 Å². The van der Waals surface area contributed by atoms with Gasteiger partial charge in [0, 0.05) is 5.39 Å². The highest BCUT2D eigenvalue weighted by molar-refractivity contribution is 5.94. The third kappa shape index (κ3) is 1.78. The van der Waals surface area contributed by atoms with Crippen LogP contribution in [0.4, 0.5) is 0 Å². The van der Waals surface area contributed by atoms with Gasteiger partial charge in [0.15, 0.2) is 11.5 Å². The van der Waals surface area contributed by atoms with E-state index in [-0.39, 0.29) is 0 Å². The number of benzene rings is 2.